The van der Waals surface area contributed by atoms with E-state index in [1.165, 1.54) is 5.57 Å². The molecule has 0 saturated carbocycles. The van der Waals surface area contributed by atoms with E-state index < -0.39 is 0 Å². The zero-order valence-electron chi connectivity index (χ0n) is 14.6. The van der Waals surface area contributed by atoms with Crippen molar-refractivity contribution in [3.63, 3.8) is 0 Å². The smallest absolute Gasteiger partial charge is 0.108 e. The summed E-state index contributed by atoms with van der Waals surface area (Å²) in [4.78, 5) is 0. The van der Waals surface area contributed by atoms with Gasteiger partial charge < -0.3 is 5.01 Å². The van der Waals surface area contributed by atoms with Crippen LogP contribution in [0.4, 0.5) is 0 Å². The molecule has 0 N–H and O–H groups in total. The van der Waals surface area contributed by atoms with E-state index in [9.17, 15) is 0 Å². The van der Waals surface area contributed by atoms with Gasteiger partial charge in [-0.1, -0.05) is 63.0 Å². The number of hydrogen-bond acceptors (Lipinski definition) is 2. The van der Waals surface area contributed by atoms with E-state index in [1.54, 1.807) is 0 Å². The first-order chi connectivity index (χ1) is 9.96. The van der Waals surface area contributed by atoms with E-state index in [0.717, 1.165) is 19.4 Å². The quantitative estimate of drug-likeness (QED) is 0.347. The summed E-state index contributed by atoms with van der Waals surface area (Å²) in [5.41, 5.74) is 1.27. The molecule has 2 atom stereocenters. The van der Waals surface area contributed by atoms with Crippen molar-refractivity contribution in [1.82, 2.24) is 10.0 Å². The molecule has 0 aromatic heterocycles. The van der Waals surface area contributed by atoms with Gasteiger partial charge >= 0.3 is 0 Å². The molecule has 0 bridgehead atoms. The number of hydrazine groups is 1. The Kier molecular flexibility index (Phi) is 10.4. The molecule has 0 spiro atoms. The molecule has 0 heterocycles. The zero-order valence-corrected chi connectivity index (χ0v) is 14.6. The summed E-state index contributed by atoms with van der Waals surface area (Å²) in [6, 6.07) is -0.0336. The van der Waals surface area contributed by atoms with E-state index in [0.29, 0.717) is 5.92 Å². The topological polar surface area (TPSA) is 6.48 Å². The van der Waals surface area contributed by atoms with E-state index in [1.807, 2.05) is 7.05 Å². The third kappa shape index (κ3) is 8.42. The monoisotopic (exact) mass is 288 g/mol. The minimum absolute atomic E-state index is 0.0336. The van der Waals surface area contributed by atoms with Gasteiger partial charge in [0.05, 0.1) is 0 Å². The summed E-state index contributed by atoms with van der Waals surface area (Å²) in [6.07, 6.45) is 18.5. The van der Waals surface area contributed by atoms with Gasteiger partial charge in [0.15, 0.2) is 0 Å². The molecule has 0 saturated heterocycles. The van der Waals surface area contributed by atoms with Crippen molar-refractivity contribution >= 4 is 0 Å². The van der Waals surface area contributed by atoms with Gasteiger partial charge in [0, 0.05) is 19.8 Å². The largest absolute Gasteiger partial charge is 0.312 e. The van der Waals surface area contributed by atoms with Crippen molar-refractivity contribution in [2.24, 2.45) is 5.92 Å². The van der Waals surface area contributed by atoms with Crippen molar-refractivity contribution in [2.75, 3.05) is 13.6 Å². The summed E-state index contributed by atoms with van der Waals surface area (Å²) in [5.74, 6) is 3.46. The predicted molar refractivity (Wildman–Crippen MR) is 94.5 cm³/mol. The van der Waals surface area contributed by atoms with Gasteiger partial charge in [-0.15, -0.1) is 6.42 Å². The Morgan fingerprint density at radius 2 is 1.81 bits per heavy atom. The van der Waals surface area contributed by atoms with Crippen LogP contribution < -0.4 is 0 Å². The van der Waals surface area contributed by atoms with Crippen molar-refractivity contribution in [1.29, 1.82) is 0 Å². The molecule has 0 radical (unpaired) electrons. The molecule has 0 aliphatic carbocycles. The Balaban J connectivity index is 4.83. The number of rotatable bonds is 9. The molecule has 2 heteroatoms. The highest BCUT2D eigenvalue weighted by Gasteiger charge is 2.13. The molecule has 0 aliphatic rings. The Morgan fingerprint density at radius 1 is 1.19 bits per heavy atom. The molecule has 0 aliphatic heterocycles. The summed E-state index contributed by atoms with van der Waals surface area (Å²) >= 11 is 0. The van der Waals surface area contributed by atoms with Gasteiger partial charge in [-0.2, -0.15) is 0 Å². The highest BCUT2D eigenvalue weighted by Crippen LogP contribution is 2.08. The molecule has 118 valence electrons. The molecule has 0 fully saturated rings. The third-order valence-electron chi connectivity index (χ3n) is 3.33. The second kappa shape index (κ2) is 11.2. The first-order valence-corrected chi connectivity index (χ1v) is 7.91. The maximum Gasteiger partial charge on any atom is 0.108 e. The highest BCUT2D eigenvalue weighted by molar-refractivity contribution is 5.16. The van der Waals surface area contributed by atoms with Gasteiger partial charge in [0.25, 0.3) is 0 Å². The lowest BCUT2D eigenvalue weighted by Gasteiger charge is -2.34. The second-order valence-corrected chi connectivity index (χ2v) is 5.71. The van der Waals surface area contributed by atoms with Crippen LogP contribution in [0.2, 0.25) is 0 Å². The Morgan fingerprint density at radius 3 is 2.29 bits per heavy atom. The van der Waals surface area contributed by atoms with Crippen LogP contribution in [0.25, 0.3) is 0 Å². The number of likely N-dealkylation sites (N-methyl/N-ethyl adjacent to an activating group) is 1. The van der Waals surface area contributed by atoms with Gasteiger partial charge in [0.2, 0.25) is 0 Å². The average molecular weight is 288 g/mol. The van der Waals surface area contributed by atoms with E-state index in [4.69, 9.17) is 6.42 Å². The second-order valence-electron chi connectivity index (χ2n) is 5.71. The summed E-state index contributed by atoms with van der Waals surface area (Å²) in [7, 11) is 2.04. The van der Waals surface area contributed by atoms with E-state index in [2.05, 4.69) is 81.1 Å². The number of terminal acetylenes is 1. The molecule has 2 nitrogen and oxygen atoms in total. The Bertz CT molecular complexity index is 394. The van der Waals surface area contributed by atoms with Crippen LogP contribution >= 0.6 is 0 Å². The van der Waals surface area contributed by atoms with Crippen LogP contribution in [-0.2, 0) is 0 Å². The fourth-order valence-corrected chi connectivity index (χ4v) is 1.85. The first kappa shape index (κ1) is 19.5. The average Bonchev–Trinajstić information content (AvgIpc) is 2.45. The van der Waals surface area contributed by atoms with Gasteiger partial charge in [-0.3, -0.25) is 0 Å². The van der Waals surface area contributed by atoms with Gasteiger partial charge in [0.1, 0.15) is 6.04 Å². The minimum atomic E-state index is -0.0336. The summed E-state index contributed by atoms with van der Waals surface area (Å²) in [6.45, 7) is 11.8. The molecule has 0 aromatic carbocycles. The number of allylic oxidation sites excluding steroid dienone is 4. The zero-order chi connectivity index (χ0) is 16.3. The Hall–Kier alpha value is -1.46. The minimum Gasteiger partial charge on any atom is -0.312 e. The summed E-state index contributed by atoms with van der Waals surface area (Å²) < 4.78 is 0. The van der Waals surface area contributed by atoms with Crippen LogP contribution in [0.1, 0.15) is 47.5 Å². The van der Waals surface area contributed by atoms with Crippen molar-refractivity contribution in [3.05, 3.63) is 36.1 Å². The van der Waals surface area contributed by atoms with Crippen molar-refractivity contribution in [3.8, 4) is 12.3 Å². The first-order valence-electron chi connectivity index (χ1n) is 7.91. The molecule has 2 unspecified atom stereocenters. The fraction of sp³-hybridized carbons (Fsp3) is 0.579. The number of nitrogens with zero attached hydrogens (tertiary/aromatic N) is 2. The summed E-state index contributed by atoms with van der Waals surface area (Å²) in [5, 5.41) is 4.31. The maximum atomic E-state index is 5.69. The molecule has 21 heavy (non-hydrogen) atoms. The highest BCUT2D eigenvalue weighted by atomic mass is 15.6. The lowest BCUT2D eigenvalue weighted by Crippen LogP contribution is -2.42. The van der Waals surface area contributed by atoms with Crippen molar-refractivity contribution < 1.29 is 0 Å². The standard InChI is InChI=1S/C19H32N2/c1-8-15-21(16-17(4)5)20(7)19(10-3)14-12-11-13-18(6)9-2/h3,11-14,16,18-19H,8-9,15H2,1-2,4-7H3/b13-11-,14-12-. The predicted octanol–water partition coefficient (Wildman–Crippen LogP) is 4.63. The lowest BCUT2D eigenvalue weighted by molar-refractivity contribution is 0.0422. The number of hydrogen-bond donors (Lipinski definition) is 0. The van der Waals surface area contributed by atoms with Gasteiger partial charge in [-0.05, 0) is 26.2 Å². The van der Waals surface area contributed by atoms with E-state index >= 15 is 0 Å². The molecule has 0 amide bonds. The van der Waals surface area contributed by atoms with Crippen LogP contribution in [0, 0.1) is 18.3 Å². The van der Waals surface area contributed by atoms with Crippen LogP contribution in [-0.4, -0.2) is 29.7 Å². The molecule has 0 rings (SSSR count). The molecule has 0 aromatic rings. The Labute approximate surface area is 132 Å². The lowest BCUT2D eigenvalue weighted by atomic mass is 10.1. The maximum absolute atomic E-state index is 5.69. The SMILES string of the molecule is C#CC(/C=C\C=C/C(C)CC)N(C)N(C=C(C)C)CCC. The van der Waals surface area contributed by atoms with Crippen LogP contribution in [0.5, 0.6) is 0 Å². The van der Waals surface area contributed by atoms with Crippen molar-refractivity contribution in [2.45, 2.75) is 53.5 Å². The van der Waals surface area contributed by atoms with Crippen LogP contribution in [0.15, 0.2) is 36.1 Å². The fourth-order valence-electron chi connectivity index (χ4n) is 1.85. The van der Waals surface area contributed by atoms with E-state index in [-0.39, 0.29) is 6.04 Å². The normalized spacial score (nSPS) is 14.4. The molecular weight excluding hydrogens is 256 g/mol. The van der Waals surface area contributed by atoms with Crippen LogP contribution in [0.3, 0.4) is 0 Å². The molecular formula is C19H32N2. The van der Waals surface area contributed by atoms with Gasteiger partial charge in [-0.25, -0.2) is 5.01 Å². The third-order valence-corrected chi connectivity index (χ3v) is 3.33.